The standard InChI is InChI=1S/C20H26O6/c1-8-9-4-5-11-18-7-25-20(24,19(11,13(8)21)14(9)22)15(23)12(18)17(2,3)6-10-16(18)26-10/h9-12,14-16,22-24H,1,4-7H2,2-3H3/t9-,10+,11-,12+,14+,15-,16+,18-,19-,20?/m0/s1. The van der Waals surface area contributed by atoms with E-state index < -0.39 is 28.8 Å². The Balaban J connectivity index is 1.65. The van der Waals surface area contributed by atoms with Crippen molar-refractivity contribution in [3.05, 3.63) is 12.2 Å². The summed E-state index contributed by atoms with van der Waals surface area (Å²) < 4.78 is 12.0. The molecule has 6 nitrogen and oxygen atoms in total. The van der Waals surface area contributed by atoms with Gasteiger partial charge in [0.25, 0.3) is 0 Å². The highest BCUT2D eigenvalue weighted by Crippen LogP contribution is 2.78. The molecule has 4 saturated carbocycles. The molecular weight excluding hydrogens is 336 g/mol. The van der Waals surface area contributed by atoms with Gasteiger partial charge < -0.3 is 24.8 Å². The highest BCUT2D eigenvalue weighted by Gasteiger charge is 2.89. The van der Waals surface area contributed by atoms with E-state index in [1.165, 1.54) is 0 Å². The van der Waals surface area contributed by atoms with Gasteiger partial charge in [-0.3, -0.25) is 4.79 Å². The summed E-state index contributed by atoms with van der Waals surface area (Å²) in [6.07, 6.45) is -0.0684. The number of rotatable bonds is 0. The molecule has 1 unspecified atom stereocenters. The number of hydrogen-bond donors (Lipinski definition) is 3. The molecule has 4 bridgehead atoms. The van der Waals surface area contributed by atoms with Crippen molar-refractivity contribution in [1.29, 1.82) is 0 Å². The molecule has 0 aromatic heterocycles. The van der Waals surface area contributed by atoms with E-state index >= 15 is 0 Å². The fourth-order valence-electron chi connectivity index (χ4n) is 8.30. The van der Waals surface area contributed by atoms with Crippen LogP contribution in [-0.2, 0) is 14.3 Å². The summed E-state index contributed by atoms with van der Waals surface area (Å²) in [6, 6.07) is 0. The van der Waals surface area contributed by atoms with Crippen LogP contribution < -0.4 is 0 Å². The smallest absolute Gasteiger partial charge is 0.208 e. The number of aliphatic hydroxyl groups excluding tert-OH is 2. The molecule has 0 radical (unpaired) electrons. The second kappa shape index (κ2) is 4.13. The fraction of sp³-hybridized carbons (Fsp3) is 0.850. The molecule has 7 aliphatic rings. The van der Waals surface area contributed by atoms with Gasteiger partial charge in [-0.05, 0) is 36.2 Å². The number of epoxide rings is 1. The van der Waals surface area contributed by atoms with Crippen molar-refractivity contribution in [2.24, 2.45) is 34.0 Å². The summed E-state index contributed by atoms with van der Waals surface area (Å²) in [5.74, 6) is -3.26. The van der Waals surface area contributed by atoms with Crippen LogP contribution in [0.25, 0.3) is 0 Å². The molecule has 3 heterocycles. The van der Waals surface area contributed by atoms with E-state index in [0.717, 1.165) is 6.42 Å². The minimum absolute atomic E-state index is 0.0766. The van der Waals surface area contributed by atoms with Crippen molar-refractivity contribution in [2.75, 3.05) is 6.61 Å². The monoisotopic (exact) mass is 362 g/mol. The molecule has 0 amide bonds. The third-order valence-electron chi connectivity index (χ3n) is 9.04. The lowest BCUT2D eigenvalue weighted by Gasteiger charge is -2.73. The molecule has 3 N–H and O–H groups in total. The van der Waals surface area contributed by atoms with Gasteiger partial charge in [-0.25, -0.2) is 0 Å². The number of fused-ring (bicyclic) bond motifs is 3. The van der Waals surface area contributed by atoms with Gasteiger partial charge in [-0.2, -0.15) is 0 Å². The van der Waals surface area contributed by atoms with Crippen molar-refractivity contribution < 1.29 is 29.6 Å². The van der Waals surface area contributed by atoms with Gasteiger partial charge in [0, 0.05) is 17.3 Å². The average molecular weight is 362 g/mol. The molecule has 10 atom stereocenters. The van der Waals surface area contributed by atoms with Crippen LogP contribution in [0.1, 0.15) is 33.1 Å². The first-order valence-corrected chi connectivity index (χ1v) is 9.75. The van der Waals surface area contributed by atoms with Crippen LogP contribution in [0.2, 0.25) is 0 Å². The fourth-order valence-corrected chi connectivity index (χ4v) is 8.30. The number of Topliss-reactive ketones (excluding diaryl/α,β-unsaturated/α-hetero) is 1. The van der Waals surface area contributed by atoms with E-state index in [0.29, 0.717) is 18.4 Å². The Morgan fingerprint density at radius 3 is 2.65 bits per heavy atom. The summed E-state index contributed by atoms with van der Waals surface area (Å²) in [5.41, 5.74) is -1.96. The Hall–Kier alpha value is -0.790. The number of ether oxygens (including phenoxy) is 2. The van der Waals surface area contributed by atoms with Crippen LogP contribution in [0.3, 0.4) is 0 Å². The van der Waals surface area contributed by atoms with E-state index in [1.54, 1.807) is 0 Å². The number of aliphatic hydroxyl groups is 3. The van der Waals surface area contributed by atoms with Crippen molar-refractivity contribution in [1.82, 2.24) is 0 Å². The van der Waals surface area contributed by atoms with E-state index in [-0.39, 0.29) is 47.8 Å². The van der Waals surface area contributed by atoms with Crippen LogP contribution in [-0.4, -0.2) is 57.9 Å². The largest absolute Gasteiger partial charge is 0.391 e. The minimum atomic E-state index is -2.07. The molecule has 3 aliphatic heterocycles. The number of carbonyl (C=O) groups is 1. The van der Waals surface area contributed by atoms with Gasteiger partial charge in [0.05, 0.1) is 24.9 Å². The Morgan fingerprint density at radius 1 is 1.19 bits per heavy atom. The number of ketones is 1. The van der Waals surface area contributed by atoms with Gasteiger partial charge in [0.2, 0.25) is 5.79 Å². The predicted octanol–water partition coefficient (Wildman–Crippen LogP) is 0.392. The Bertz CT molecular complexity index is 761. The van der Waals surface area contributed by atoms with E-state index in [1.807, 2.05) is 0 Å². The van der Waals surface area contributed by atoms with Gasteiger partial charge in [0.1, 0.15) is 11.5 Å². The first-order valence-electron chi connectivity index (χ1n) is 9.75. The SMILES string of the molecule is C=C1C(=O)[C@]23[C@H](O)[C@H]1CC[C@H]2[C@@]12COC3(O)[C@@H](O)[C@@H]1C(C)(C)C[C@H]1O[C@H]12. The van der Waals surface area contributed by atoms with E-state index in [2.05, 4.69) is 20.4 Å². The lowest BCUT2D eigenvalue weighted by atomic mass is 9.36. The van der Waals surface area contributed by atoms with Crippen molar-refractivity contribution >= 4 is 5.78 Å². The molecular formula is C20H26O6. The predicted molar refractivity (Wildman–Crippen MR) is 88.7 cm³/mol. The average Bonchev–Trinajstić information content (AvgIpc) is 3.32. The van der Waals surface area contributed by atoms with Gasteiger partial charge >= 0.3 is 0 Å². The molecule has 2 spiro atoms. The molecule has 0 aromatic rings. The molecule has 142 valence electrons. The topological polar surface area (TPSA) is 99.5 Å². The molecule has 0 aromatic carbocycles. The second-order valence-electron chi connectivity index (χ2n) is 10.2. The molecule has 7 fully saturated rings. The highest BCUT2D eigenvalue weighted by molar-refractivity contribution is 6.05. The maximum Gasteiger partial charge on any atom is 0.208 e. The van der Waals surface area contributed by atoms with Crippen LogP contribution in [0.4, 0.5) is 0 Å². The first-order chi connectivity index (χ1) is 12.1. The molecule has 26 heavy (non-hydrogen) atoms. The highest BCUT2D eigenvalue weighted by atomic mass is 16.7. The Morgan fingerprint density at radius 2 is 1.92 bits per heavy atom. The molecule has 6 heteroatoms. The van der Waals surface area contributed by atoms with Gasteiger partial charge in [-0.1, -0.05) is 20.4 Å². The van der Waals surface area contributed by atoms with Crippen LogP contribution in [0.15, 0.2) is 12.2 Å². The maximum absolute atomic E-state index is 13.4. The zero-order chi connectivity index (χ0) is 18.4. The Kier molecular flexibility index (Phi) is 2.57. The number of carbonyl (C=O) groups excluding carboxylic acids is 1. The van der Waals surface area contributed by atoms with E-state index in [4.69, 9.17) is 9.47 Å². The molecule has 4 aliphatic carbocycles. The minimum Gasteiger partial charge on any atom is -0.391 e. The third-order valence-corrected chi connectivity index (χ3v) is 9.04. The van der Waals surface area contributed by atoms with Crippen molar-refractivity contribution in [3.8, 4) is 0 Å². The maximum atomic E-state index is 13.4. The lowest BCUT2D eigenvalue weighted by Crippen LogP contribution is -2.84. The lowest BCUT2D eigenvalue weighted by molar-refractivity contribution is -0.447. The zero-order valence-corrected chi connectivity index (χ0v) is 15.1. The Labute approximate surface area is 152 Å². The van der Waals surface area contributed by atoms with Gasteiger partial charge in [-0.15, -0.1) is 0 Å². The van der Waals surface area contributed by atoms with Crippen LogP contribution >= 0.6 is 0 Å². The quantitative estimate of drug-likeness (QED) is 0.426. The summed E-state index contributed by atoms with van der Waals surface area (Å²) in [4.78, 5) is 13.4. The molecule has 3 saturated heterocycles. The second-order valence-corrected chi connectivity index (χ2v) is 10.2. The number of hydrogen-bond acceptors (Lipinski definition) is 6. The summed E-state index contributed by atoms with van der Waals surface area (Å²) in [7, 11) is 0. The van der Waals surface area contributed by atoms with Crippen molar-refractivity contribution in [2.45, 2.75) is 63.3 Å². The first kappa shape index (κ1) is 16.2. The zero-order valence-electron chi connectivity index (χ0n) is 15.1. The van der Waals surface area contributed by atoms with E-state index in [9.17, 15) is 20.1 Å². The summed E-state index contributed by atoms with van der Waals surface area (Å²) >= 11 is 0. The normalized spacial score (nSPS) is 64.0. The summed E-state index contributed by atoms with van der Waals surface area (Å²) in [6.45, 7) is 8.40. The van der Waals surface area contributed by atoms with Crippen molar-refractivity contribution in [3.63, 3.8) is 0 Å². The van der Waals surface area contributed by atoms with Crippen LogP contribution in [0, 0.1) is 34.0 Å². The summed E-state index contributed by atoms with van der Waals surface area (Å²) in [5, 5.41) is 34.2. The van der Waals surface area contributed by atoms with Gasteiger partial charge in [0.15, 0.2) is 5.78 Å². The molecule has 7 rings (SSSR count). The van der Waals surface area contributed by atoms with Crippen LogP contribution in [0.5, 0.6) is 0 Å². The third kappa shape index (κ3) is 1.26.